The lowest BCUT2D eigenvalue weighted by molar-refractivity contribution is -0.136. The minimum atomic E-state index is -0.728. The zero-order valence-corrected chi connectivity index (χ0v) is 20.8. The van der Waals surface area contributed by atoms with E-state index in [1.54, 1.807) is 0 Å². The number of hydrogen-bond donors (Lipinski definition) is 1. The summed E-state index contributed by atoms with van der Waals surface area (Å²) in [5.41, 5.74) is 3.70. The molecule has 0 spiro atoms. The monoisotopic (exact) mass is 479 g/mol. The third kappa shape index (κ3) is 7.21. The first-order valence-electron chi connectivity index (χ1n) is 12.7. The van der Waals surface area contributed by atoms with Crippen LogP contribution in [0.1, 0.15) is 44.1 Å². The highest BCUT2D eigenvalue weighted by atomic mass is 32.2. The van der Waals surface area contributed by atoms with Crippen molar-refractivity contribution in [1.82, 2.24) is 4.90 Å². The molecule has 4 rings (SSSR count). The number of hydrogen-bond acceptors (Lipinski definition) is 4. The van der Waals surface area contributed by atoms with E-state index in [2.05, 4.69) is 71.3 Å². The molecular weight excluding hydrogens is 442 g/mol. The second kappa shape index (κ2) is 13.1. The number of rotatable bonds is 11. The molecular formula is C29H37NO3S. The van der Waals surface area contributed by atoms with E-state index in [-0.39, 0.29) is 6.42 Å². The standard InChI is InChI=1S/C29H37NO3S/c31-29(32)11-7-2-1-6-10-26-27(30-18-20-34-21-19-30)16-17-28(26)33-22-23-12-14-25(15-13-23)24-8-4-3-5-9-24/h1-5,8-9,12-15,26-28H,6-7,10-11,16-22H2,(H,31,32)/b2-1+. The summed E-state index contributed by atoms with van der Waals surface area (Å²) >= 11 is 2.06. The van der Waals surface area contributed by atoms with Crippen molar-refractivity contribution in [3.05, 3.63) is 72.3 Å². The Morgan fingerprint density at radius 1 is 0.971 bits per heavy atom. The summed E-state index contributed by atoms with van der Waals surface area (Å²) in [6.45, 7) is 3.04. The van der Waals surface area contributed by atoms with Crippen molar-refractivity contribution in [2.45, 2.75) is 57.3 Å². The fourth-order valence-electron chi connectivity index (χ4n) is 5.32. The second-order valence-electron chi connectivity index (χ2n) is 9.35. The summed E-state index contributed by atoms with van der Waals surface area (Å²) in [4.78, 5) is 13.4. The Balaban J connectivity index is 1.34. The van der Waals surface area contributed by atoms with Crippen LogP contribution in [0.15, 0.2) is 66.7 Å². The van der Waals surface area contributed by atoms with Crippen LogP contribution >= 0.6 is 11.8 Å². The lowest BCUT2D eigenvalue weighted by Crippen LogP contribution is -2.44. The Hall–Kier alpha value is -2.08. The van der Waals surface area contributed by atoms with Gasteiger partial charge in [-0.1, -0.05) is 66.7 Å². The maximum atomic E-state index is 10.7. The molecule has 1 heterocycles. The summed E-state index contributed by atoms with van der Waals surface area (Å²) in [5.74, 6) is 2.28. The molecule has 1 N–H and O–H groups in total. The average Bonchev–Trinajstić information content (AvgIpc) is 3.28. The van der Waals surface area contributed by atoms with Crippen LogP contribution in [0.4, 0.5) is 0 Å². The number of carboxylic acid groups (broad SMARTS) is 1. The Bertz CT molecular complexity index is 909. The van der Waals surface area contributed by atoms with Crippen LogP contribution in [0, 0.1) is 5.92 Å². The molecule has 3 atom stereocenters. The van der Waals surface area contributed by atoms with Gasteiger partial charge >= 0.3 is 5.97 Å². The number of carbonyl (C=O) groups is 1. The molecule has 0 amide bonds. The van der Waals surface area contributed by atoms with Crippen molar-refractivity contribution in [2.24, 2.45) is 5.92 Å². The summed E-state index contributed by atoms with van der Waals surface area (Å²) in [7, 11) is 0. The molecule has 2 aromatic rings. The molecule has 0 radical (unpaired) electrons. The van der Waals surface area contributed by atoms with Crippen LogP contribution in [0.2, 0.25) is 0 Å². The summed E-state index contributed by atoms with van der Waals surface area (Å²) < 4.78 is 6.54. The Kier molecular flexibility index (Phi) is 9.66. The summed E-state index contributed by atoms with van der Waals surface area (Å²) in [6.07, 6.45) is 9.77. The van der Waals surface area contributed by atoms with E-state index in [9.17, 15) is 4.79 Å². The fraction of sp³-hybridized carbons (Fsp3) is 0.483. The van der Waals surface area contributed by atoms with E-state index < -0.39 is 5.97 Å². The van der Waals surface area contributed by atoms with E-state index in [1.165, 1.54) is 47.7 Å². The first-order chi connectivity index (χ1) is 16.7. The maximum Gasteiger partial charge on any atom is 0.303 e. The van der Waals surface area contributed by atoms with Gasteiger partial charge in [-0.3, -0.25) is 9.69 Å². The Labute approximate surface area is 208 Å². The SMILES string of the molecule is O=C(O)CC/C=C/CCC1C(OCc2ccc(-c3ccccc3)cc2)CCC1N1CCSCC1. The van der Waals surface area contributed by atoms with E-state index >= 15 is 0 Å². The Morgan fingerprint density at radius 3 is 2.41 bits per heavy atom. The fourth-order valence-corrected chi connectivity index (χ4v) is 6.25. The van der Waals surface area contributed by atoms with Crippen molar-refractivity contribution in [1.29, 1.82) is 0 Å². The number of nitrogens with zero attached hydrogens (tertiary/aromatic N) is 1. The molecule has 2 fully saturated rings. The predicted octanol–water partition coefficient (Wildman–Crippen LogP) is 6.27. The van der Waals surface area contributed by atoms with Crippen LogP contribution < -0.4 is 0 Å². The van der Waals surface area contributed by atoms with Gasteiger partial charge in [0.2, 0.25) is 0 Å². The highest BCUT2D eigenvalue weighted by molar-refractivity contribution is 7.99. The smallest absolute Gasteiger partial charge is 0.303 e. The van der Waals surface area contributed by atoms with E-state index in [4.69, 9.17) is 9.84 Å². The molecule has 1 aliphatic carbocycles. The number of thioether (sulfide) groups is 1. The third-order valence-corrected chi connectivity index (χ3v) is 8.06. The lowest BCUT2D eigenvalue weighted by atomic mass is 9.94. The van der Waals surface area contributed by atoms with Gasteiger partial charge in [-0.05, 0) is 48.8 Å². The van der Waals surface area contributed by atoms with Gasteiger partial charge < -0.3 is 9.84 Å². The second-order valence-corrected chi connectivity index (χ2v) is 10.6. The molecule has 2 aromatic carbocycles. The van der Waals surface area contributed by atoms with Gasteiger partial charge in [-0.15, -0.1) is 0 Å². The molecule has 4 nitrogen and oxygen atoms in total. The van der Waals surface area contributed by atoms with Crippen molar-refractivity contribution in [3.8, 4) is 11.1 Å². The number of aliphatic carboxylic acids is 1. The van der Waals surface area contributed by atoms with Gasteiger partial charge in [-0.2, -0.15) is 11.8 Å². The van der Waals surface area contributed by atoms with Crippen molar-refractivity contribution in [2.75, 3.05) is 24.6 Å². The minimum absolute atomic E-state index is 0.211. The van der Waals surface area contributed by atoms with Gasteiger partial charge in [0, 0.05) is 43.0 Å². The molecule has 2 aliphatic rings. The zero-order valence-electron chi connectivity index (χ0n) is 20.0. The van der Waals surface area contributed by atoms with E-state index in [0.29, 0.717) is 31.1 Å². The predicted molar refractivity (Wildman–Crippen MR) is 141 cm³/mol. The molecule has 182 valence electrons. The van der Waals surface area contributed by atoms with Crippen LogP contribution in [0.5, 0.6) is 0 Å². The van der Waals surface area contributed by atoms with Crippen LogP contribution in [0.3, 0.4) is 0 Å². The number of ether oxygens (including phenoxy) is 1. The highest BCUT2D eigenvalue weighted by Crippen LogP contribution is 2.37. The van der Waals surface area contributed by atoms with Crippen LogP contribution in [-0.2, 0) is 16.1 Å². The normalized spacial score (nSPS) is 23.5. The van der Waals surface area contributed by atoms with Gasteiger partial charge in [-0.25, -0.2) is 0 Å². The number of allylic oxidation sites excluding steroid dienone is 2. The summed E-state index contributed by atoms with van der Waals surface area (Å²) in [6, 6.07) is 19.9. The largest absolute Gasteiger partial charge is 0.481 e. The molecule has 5 heteroatoms. The first-order valence-corrected chi connectivity index (χ1v) is 13.8. The minimum Gasteiger partial charge on any atom is -0.481 e. The molecule has 1 aliphatic heterocycles. The molecule has 34 heavy (non-hydrogen) atoms. The number of carboxylic acids is 1. The number of benzene rings is 2. The quantitative estimate of drug-likeness (QED) is 0.385. The molecule has 0 aromatic heterocycles. The third-order valence-electron chi connectivity index (χ3n) is 7.12. The van der Waals surface area contributed by atoms with E-state index in [1.807, 2.05) is 12.1 Å². The van der Waals surface area contributed by atoms with Crippen LogP contribution in [-0.4, -0.2) is 52.7 Å². The highest BCUT2D eigenvalue weighted by Gasteiger charge is 2.39. The molecule has 3 unspecified atom stereocenters. The molecule has 0 bridgehead atoms. The zero-order chi connectivity index (χ0) is 23.6. The maximum absolute atomic E-state index is 10.7. The molecule has 1 saturated heterocycles. The van der Waals surface area contributed by atoms with Gasteiger partial charge in [0.1, 0.15) is 0 Å². The van der Waals surface area contributed by atoms with Crippen molar-refractivity contribution >= 4 is 17.7 Å². The van der Waals surface area contributed by atoms with Gasteiger partial charge in [0.05, 0.1) is 12.7 Å². The van der Waals surface area contributed by atoms with Crippen molar-refractivity contribution in [3.63, 3.8) is 0 Å². The van der Waals surface area contributed by atoms with Gasteiger partial charge in [0.15, 0.2) is 0 Å². The summed E-state index contributed by atoms with van der Waals surface area (Å²) in [5, 5.41) is 8.82. The first kappa shape index (κ1) is 25.0. The molecule has 1 saturated carbocycles. The Morgan fingerprint density at radius 2 is 1.68 bits per heavy atom. The lowest BCUT2D eigenvalue weighted by Gasteiger charge is -2.36. The van der Waals surface area contributed by atoms with Crippen LogP contribution in [0.25, 0.3) is 11.1 Å². The topological polar surface area (TPSA) is 49.8 Å². The van der Waals surface area contributed by atoms with Gasteiger partial charge in [0.25, 0.3) is 0 Å². The average molecular weight is 480 g/mol. The van der Waals surface area contributed by atoms with Crippen molar-refractivity contribution < 1.29 is 14.6 Å². The van der Waals surface area contributed by atoms with E-state index in [0.717, 1.165) is 19.3 Å².